The van der Waals surface area contributed by atoms with Gasteiger partial charge in [0.2, 0.25) is 0 Å². The fraction of sp³-hybridized carbons (Fsp3) is 0.551. The molecule has 3 aromatic carbocycles. The van der Waals surface area contributed by atoms with Crippen molar-refractivity contribution in [3.05, 3.63) is 111 Å². The van der Waals surface area contributed by atoms with Crippen LogP contribution in [0.3, 0.4) is 0 Å². The Morgan fingerprint density at radius 3 is 0.840 bits per heavy atom. The van der Waals surface area contributed by atoms with E-state index >= 15 is 0 Å². The summed E-state index contributed by atoms with van der Waals surface area (Å²) in [6.45, 7) is 45.5. The molecule has 0 fully saturated rings. The summed E-state index contributed by atoms with van der Waals surface area (Å²) in [5.74, 6) is 0. The lowest BCUT2D eigenvalue weighted by molar-refractivity contribution is 0.569. The smallest absolute Gasteiger partial charge is 0.0805 e. The molecule has 0 saturated heterocycles. The van der Waals surface area contributed by atoms with E-state index in [0.717, 1.165) is 12.8 Å². The maximum Gasteiger partial charge on any atom is 0.176 e. The normalized spacial score (nSPS) is 15.3. The Morgan fingerprint density at radius 1 is 0.400 bits per heavy atom. The molecular formula is C49H72Si. The Labute approximate surface area is 310 Å². The van der Waals surface area contributed by atoms with E-state index in [4.69, 9.17) is 0 Å². The zero-order valence-corrected chi connectivity index (χ0v) is 36.8. The lowest BCUT2D eigenvalue weighted by atomic mass is 9.80. The molecular weight excluding hydrogens is 617 g/mol. The van der Waals surface area contributed by atoms with E-state index in [0.29, 0.717) is 0 Å². The van der Waals surface area contributed by atoms with Crippen molar-refractivity contribution in [3.8, 4) is 0 Å². The van der Waals surface area contributed by atoms with Crippen molar-refractivity contribution in [1.29, 1.82) is 0 Å². The van der Waals surface area contributed by atoms with E-state index < -0.39 is 8.07 Å². The second-order valence-electron chi connectivity index (χ2n) is 21.6. The topological polar surface area (TPSA) is 0 Å². The zero-order chi connectivity index (χ0) is 38.0. The molecule has 50 heavy (non-hydrogen) atoms. The molecule has 1 aliphatic rings. The number of hydrogen-bond donors (Lipinski definition) is 0. The maximum absolute atomic E-state index is 2.92. The van der Waals surface area contributed by atoms with Crippen LogP contribution in [0.1, 0.15) is 178 Å². The van der Waals surface area contributed by atoms with Crippen molar-refractivity contribution >= 4 is 23.6 Å². The van der Waals surface area contributed by atoms with Gasteiger partial charge < -0.3 is 0 Å². The minimum absolute atomic E-state index is 0.0136. The summed E-state index contributed by atoms with van der Waals surface area (Å²) in [6.07, 6.45) is 6.98. The van der Waals surface area contributed by atoms with E-state index in [9.17, 15) is 0 Å². The second kappa shape index (κ2) is 13.1. The third-order valence-electron chi connectivity index (χ3n) is 11.2. The molecule has 0 radical (unpaired) electrons. The molecule has 0 spiro atoms. The van der Waals surface area contributed by atoms with Gasteiger partial charge >= 0.3 is 0 Å². The van der Waals surface area contributed by atoms with Crippen LogP contribution in [0.2, 0.25) is 0 Å². The second-order valence-corrected chi connectivity index (χ2v) is 25.4. The molecule has 4 rings (SSSR count). The SMILES string of the molecule is CCC1=C([Si](c2cc(C(C)(C)C)cc(C(C)(C)C)c2)(c2cc(C(C)(C)C)cc(C(C)(C)C)c2)c2cc(C(C)(C)C)cc(C(C)(C)C)c2)CC=C1. The van der Waals surface area contributed by atoms with Gasteiger partial charge in [-0.05, 0) is 94.3 Å². The van der Waals surface area contributed by atoms with E-state index in [1.165, 1.54) is 54.5 Å². The van der Waals surface area contributed by atoms with Crippen LogP contribution in [0, 0.1) is 0 Å². The quantitative estimate of drug-likeness (QED) is 0.185. The Kier molecular flexibility index (Phi) is 10.5. The van der Waals surface area contributed by atoms with E-state index in [1.54, 1.807) is 5.20 Å². The van der Waals surface area contributed by atoms with Crippen LogP contribution in [-0.2, 0) is 32.5 Å². The van der Waals surface area contributed by atoms with Gasteiger partial charge in [0.25, 0.3) is 0 Å². The fourth-order valence-electron chi connectivity index (χ4n) is 7.43. The summed E-state index contributed by atoms with van der Waals surface area (Å²) in [4.78, 5) is 0. The van der Waals surface area contributed by atoms with Crippen LogP contribution in [0.25, 0.3) is 0 Å². The van der Waals surface area contributed by atoms with Gasteiger partial charge in [0, 0.05) is 0 Å². The van der Waals surface area contributed by atoms with Gasteiger partial charge in [-0.2, -0.15) is 0 Å². The average molecular weight is 689 g/mol. The Bertz CT molecular complexity index is 1500. The van der Waals surface area contributed by atoms with Gasteiger partial charge in [0.15, 0.2) is 8.07 Å². The van der Waals surface area contributed by atoms with Crippen molar-refractivity contribution in [2.45, 2.75) is 177 Å². The van der Waals surface area contributed by atoms with Crippen LogP contribution < -0.4 is 15.6 Å². The molecule has 1 aliphatic carbocycles. The summed E-state index contributed by atoms with van der Waals surface area (Å²) < 4.78 is 0. The average Bonchev–Trinajstić information content (AvgIpc) is 3.43. The summed E-state index contributed by atoms with van der Waals surface area (Å²) in [5.41, 5.74) is 10.2. The fourth-order valence-corrected chi connectivity index (χ4v) is 12.9. The largest absolute Gasteiger partial charge is 0.176 e. The summed E-state index contributed by atoms with van der Waals surface area (Å²) >= 11 is 0. The van der Waals surface area contributed by atoms with E-state index in [-0.39, 0.29) is 32.5 Å². The van der Waals surface area contributed by atoms with Crippen molar-refractivity contribution in [3.63, 3.8) is 0 Å². The van der Waals surface area contributed by atoms with Gasteiger partial charge in [0.1, 0.15) is 0 Å². The molecule has 0 aliphatic heterocycles. The molecule has 0 N–H and O–H groups in total. The first kappa shape index (κ1) is 40.1. The van der Waals surface area contributed by atoms with Crippen molar-refractivity contribution < 1.29 is 0 Å². The first-order valence-electron chi connectivity index (χ1n) is 19.4. The van der Waals surface area contributed by atoms with Gasteiger partial charge in [-0.15, -0.1) is 0 Å². The highest BCUT2D eigenvalue weighted by Crippen LogP contribution is 2.38. The monoisotopic (exact) mass is 689 g/mol. The van der Waals surface area contributed by atoms with Crippen LogP contribution in [0.4, 0.5) is 0 Å². The predicted molar refractivity (Wildman–Crippen MR) is 227 cm³/mol. The molecule has 0 amide bonds. The molecule has 3 aromatic rings. The lowest BCUT2D eigenvalue weighted by Gasteiger charge is -2.41. The van der Waals surface area contributed by atoms with Gasteiger partial charge in [-0.25, -0.2) is 0 Å². The highest BCUT2D eigenvalue weighted by atomic mass is 28.3. The number of rotatable bonds is 5. The van der Waals surface area contributed by atoms with Crippen LogP contribution in [0.15, 0.2) is 77.5 Å². The highest BCUT2D eigenvalue weighted by Gasteiger charge is 2.47. The zero-order valence-electron chi connectivity index (χ0n) is 35.8. The van der Waals surface area contributed by atoms with Gasteiger partial charge in [-0.1, -0.05) is 209 Å². The summed E-state index contributed by atoms with van der Waals surface area (Å²) in [7, 11) is -2.92. The van der Waals surface area contributed by atoms with Crippen LogP contribution >= 0.6 is 0 Å². The minimum atomic E-state index is -2.92. The molecule has 0 unspecified atom stereocenters. The molecule has 0 saturated carbocycles. The lowest BCUT2D eigenvalue weighted by Crippen LogP contribution is -2.69. The van der Waals surface area contributed by atoms with Gasteiger partial charge in [0.05, 0.1) is 0 Å². The number of allylic oxidation sites excluding steroid dienone is 4. The van der Waals surface area contributed by atoms with Crippen LogP contribution in [0.5, 0.6) is 0 Å². The standard InChI is InChI=1S/C49H72Si/c1-20-33-22-21-23-43(33)50(40-27-34(44(2,3)4)24-35(28-40)45(5,6)7,41-29-36(46(8,9)10)25-37(30-41)47(11,12)13)42-31-38(48(14,15)16)26-39(32-42)49(17,18)19/h21-22,24-32H,20,23H2,1-19H3. The molecule has 1 heteroatoms. The predicted octanol–water partition coefficient (Wildman–Crippen LogP) is 12.1. The summed E-state index contributed by atoms with van der Waals surface area (Å²) in [6, 6.07) is 23.5. The maximum atomic E-state index is 2.65. The first-order chi connectivity index (χ1) is 22.5. The third kappa shape index (κ3) is 8.04. The van der Waals surface area contributed by atoms with Crippen LogP contribution in [-0.4, -0.2) is 8.07 Å². The molecule has 0 nitrogen and oxygen atoms in total. The molecule has 0 bridgehead atoms. The molecule has 0 atom stereocenters. The minimum Gasteiger partial charge on any atom is -0.0805 e. The van der Waals surface area contributed by atoms with Crippen molar-refractivity contribution in [1.82, 2.24) is 0 Å². The van der Waals surface area contributed by atoms with Crippen molar-refractivity contribution in [2.75, 3.05) is 0 Å². The van der Waals surface area contributed by atoms with E-state index in [1.807, 2.05) is 0 Å². The number of benzene rings is 3. The number of hydrogen-bond acceptors (Lipinski definition) is 0. The highest BCUT2D eigenvalue weighted by molar-refractivity contribution is 7.16. The van der Waals surface area contributed by atoms with Gasteiger partial charge in [-0.3, -0.25) is 0 Å². The molecule has 0 heterocycles. The Morgan fingerprint density at radius 2 is 0.640 bits per heavy atom. The van der Waals surface area contributed by atoms with Crippen molar-refractivity contribution in [2.24, 2.45) is 0 Å². The Hall–Kier alpha value is -2.64. The first-order valence-corrected chi connectivity index (χ1v) is 21.4. The van der Waals surface area contributed by atoms with E-state index in [2.05, 4.69) is 198 Å². The summed E-state index contributed by atoms with van der Waals surface area (Å²) in [5, 5.41) is 6.28. The molecule has 272 valence electrons. The Balaban J connectivity index is 2.47. The molecule has 0 aromatic heterocycles. The third-order valence-corrected chi connectivity index (χ3v) is 16.1.